The molecule has 1 N–H and O–H groups in total. The standard InChI is InChI=1S/C18H16N2O2S/c1-20-16(14-5-3-2-4-6-14)12-23-18(20)19-15-9-7-13(8-10-15)11-17(21)22/h2-10,12H,11H2,1H3,(H,21,22). The first-order valence-electron chi connectivity index (χ1n) is 7.19. The van der Waals surface area contributed by atoms with Crippen LogP contribution in [0.15, 0.2) is 65.0 Å². The van der Waals surface area contributed by atoms with E-state index in [0.717, 1.165) is 27.3 Å². The quantitative estimate of drug-likeness (QED) is 0.797. The highest BCUT2D eigenvalue weighted by Gasteiger charge is 2.04. The highest BCUT2D eigenvalue weighted by Crippen LogP contribution is 2.19. The van der Waals surface area contributed by atoms with E-state index in [1.165, 1.54) is 0 Å². The fourth-order valence-corrected chi connectivity index (χ4v) is 3.24. The molecule has 5 heteroatoms. The summed E-state index contributed by atoms with van der Waals surface area (Å²) in [7, 11) is 2.00. The fourth-order valence-electron chi connectivity index (χ4n) is 2.32. The molecule has 0 spiro atoms. The van der Waals surface area contributed by atoms with Crippen LogP contribution in [0.3, 0.4) is 0 Å². The van der Waals surface area contributed by atoms with Gasteiger partial charge in [-0.05, 0) is 23.3 Å². The lowest BCUT2D eigenvalue weighted by atomic mass is 10.1. The van der Waals surface area contributed by atoms with Crippen LogP contribution < -0.4 is 4.80 Å². The van der Waals surface area contributed by atoms with Crippen molar-refractivity contribution in [2.45, 2.75) is 6.42 Å². The molecule has 3 aromatic rings. The number of carboxylic acids is 1. The van der Waals surface area contributed by atoms with Crippen molar-refractivity contribution in [3.63, 3.8) is 0 Å². The second-order valence-electron chi connectivity index (χ2n) is 5.18. The first-order valence-corrected chi connectivity index (χ1v) is 8.07. The Labute approximate surface area is 138 Å². The Morgan fingerprint density at radius 3 is 2.48 bits per heavy atom. The van der Waals surface area contributed by atoms with Crippen molar-refractivity contribution in [1.82, 2.24) is 4.57 Å². The summed E-state index contributed by atoms with van der Waals surface area (Å²) in [6.07, 6.45) is 0.0330. The first-order chi connectivity index (χ1) is 11.1. The maximum absolute atomic E-state index is 10.7. The monoisotopic (exact) mass is 324 g/mol. The summed E-state index contributed by atoms with van der Waals surface area (Å²) in [4.78, 5) is 16.2. The largest absolute Gasteiger partial charge is 0.481 e. The smallest absolute Gasteiger partial charge is 0.307 e. The molecule has 23 heavy (non-hydrogen) atoms. The maximum atomic E-state index is 10.7. The van der Waals surface area contributed by atoms with Crippen molar-refractivity contribution >= 4 is 23.0 Å². The van der Waals surface area contributed by atoms with Gasteiger partial charge in [-0.3, -0.25) is 4.79 Å². The van der Waals surface area contributed by atoms with Crippen LogP contribution in [0.25, 0.3) is 11.3 Å². The molecule has 0 radical (unpaired) electrons. The highest BCUT2D eigenvalue weighted by atomic mass is 32.1. The molecule has 1 heterocycles. The zero-order valence-corrected chi connectivity index (χ0v) is 13.5. The Morgan fingerprint density at radius 1 is 1.13 bits per heavy atom. The van der Waals surface area contributed by atoms with E-state index >= 15 is 0 Å². The van der Waals surface area contributed by atoms with Gasteiger partial charge in [0.15, 0.2) is 4.80 Å². The fraction of sp³-hybridized carbons (Fsp3) is 0.111. The summed E-state index contributed by atoms with van der Waals surface area (Å²) in [6, 6.07) is 17.5. The average Bonchev–Trinajstić information content (AvgIpc) is 2.91. The number of hydrogen-bond acceptors (Lipinski definition) is 3. The summed E-state index contributed by atoms with van der Waals surface area (Å²) < 4.78 is 2.06. The molecule has 0 fully saturated rings. The molecule has 0 aliphatic rings. The number of nitrogens with zero attached hydrogens (tertiary/aromatic N) is 2. The summed E-state index contributed by atoms with van der Waals surface area (Å²) in [5.41, 5.74) is 3.87. The van der Waals surface area contributed by atoms with E-state index in [1.54, 1.807) is 23.5 Å². The average molecular weight is 324 g/mol. The Balaban J connectivity index is 1.92. The molecule has 3 rings (SSSR count). The Hall–Kier alpha value is -2.66. The molecule has 4 nitrogen and oxygen atoms in total. The van der Waals surface area contributed by atoms with Crippen LogP contribution in [0, 0.1) is 0 Å². The minimum absolute atomic E-state index is 0.0330. The van der Waals surface area contributed by atoms with Crippen LogP contribution in [0.5, 0.6) is 0 Å². The predicted octanol–water partition coefficient (Wildman–Crippen LogP) is 3.61. The summed E-state index contributed by atoms with van der Waals surface area (Å²) in [6.45, 7) is 0. The molecule has 0 unspecified atom stereocenters. The van der Waals surface area contributed by atoms with Gasteiger partial charge >= 0.3 is 5.97 Å². The molecule has 0 amide bonds. The van der Waals surface area contributed by atoms with E-state index < -0.39 is 5.97 Å². The lowest BCUT2D eigenvalue weighted by Crippen LogP contribution is -2.10. The molecule has 0 aliphatic carbocycles. The van der Waals surface area contributed by atoms with Gasteiger partial charge in [0.2, 0.25) is 0 Å². The lowest BCUT2D eigenvalue weighted by molar-refractivity contribution is -0.136. The van der Waals surface area contributed by atoms with E-state index in [9.17, 15) is 4.79 Å². The number of rotatable bonds is 4. The van der Waals surface area contributed by atoms with Crippen LogP contribution in [-0.2, 0) is 18.3 Å². The van der Waals surface area contributed by atoms with E-state index in [0.29, 0.717) is 0 Å². The minimum atomic E-state index is -0.827. The Kier molecular flexibility index (Phi) is 4.39. The maximum Gasteiger partial charge on any atom is 0.307 e. The molecule has 0 bridgehead atoms. The van der Waals surface area contributed by atoms with Gasteiger partial charge in [0.1, 0.15) is 0 Å². The number of carbonyl (C=O) groups is 1. The molecular formula is C18H16N2O2S. The molecule has 0 saturated carbocycles. The third kappa shape index (κ3) is 3.57. The zero-order valence-electron chi connectivity index (χ0n) is 12.6. The number of aromatic nitrogens is 1. The molecule has 2 aromatic carbocycles. The first kappa shape index (κ1) is 15.2. The van der Waals surface area contributed by atoms with Gasteiger partial charge in [0, 0.05) is 12.4 Å². The van der Waals surface area contributed by atoms with Gasteiger partial charge in [-0.15, -0.1) is 11.3 Å². The van der Waals surface area contributed by atoms with Crippen molar-refractivity contribution in [2.75, 3.05) is 0 Å². The van der Waals surface area contributed by atoms with Crippen molar-refractivity contribution in [3.05, 3.63) is 70.3 Å². The van der Waals surface area contributed by atoms with Gasteiger partial charge in [-0.25, -0.2) is 4.99 Å². The van der Waals surface area contributed by atoms with Gasteiger partial charge in [0.25, 0.3) is 0 Å². The van der Waals surface area contributed by atoms with E-state index in [2.05, 4.69) is 27.1 Å². The summed E-state index contributed by atoms with van der Waals surface area (Å²) in [5.74, 6) is -0.827. The lowest BCUT2D eigenvalue weighted by Gasteiger charge is -2.02. The third-order valence-electron chi connectivity index (χ3n) is 3.51. The number of carboxylic acid groups (broad SMARTS) is 1. The number of benzene rings is 2. The van der Waals surface area contributed by atoms with Crippen molar-refractivity contribution < 1.29 is 9.90 Å². The summed E-state index contributed by atoms with van der Waals surface area (Å²) >= 11 is 1.58. The van der Waals surface area contributed by atoms with Crippen LogP contribution in [-0.4, -0.2) is 15.6 Å². The second kappa shape index (κ2) is 6.62. The topological polar surface area (TPSA) is 54.6 Å². The van der Waals surface area contributed by atoms with Crippen molar-refractivity contribution in [3.8, 4) is 11.3 Å². The predicted molar refractivity (Wildman–Crippen MR) is 91.7 cm³/mol. The molecule has 116 valence electrons. The molecule has 0 saturated heterocycles. The summed E-state index contributed by atoms with van der Waals surface area (Å²) in [5, 5.41) is 10.9. The van der Waals surface area contributed by atoms with Gasteiger partial charge in [0.05, 0.1) is 17.8 Å². The van der Waals surface area contributed by atoms with Crippen LogP contribution >= 0.6 is 11.3 Å². The highest BCUT2D eigenvalue weighted by molar-refractivity contribution is 7.07. The number of aliphatic carboxylic acids is 1. The van der Waals surface area contributed by atoms with Crippen LogP contribution in [0.4, 0.5) is 5.69 Å². The van der Waals surface area contributed by atoms with E-state index in [1.807, 2.05) is 37.4 Å². The normalized spacial score (nSPS) is 11.6. The Morgan fingerprint density at radius 2 is 1.83 bits per heavy atom. The van der Waals surface area contributed by atoms with Gasteiger partial charge in [-0.2, -0.15) is 0 Å². The molecule has 0 atom stereocenters. The van der Waals surface area contributed by atoms with Crippen molar-refractivity contribution in [1.29, 1.82) is 0 Å². The van der Waals surface area contributed by atoms with Crippen LogP contribution in [0.2, 0.25) is 0 Å². The number of hydrogen-bond donors (Lipinski definition) is 1. The molecule has 0 aliphatic heterocycles. The second-order valence-corrected chi connectivity index (χ2v) is 6.01. The number of thiazole rings is 1. The van der Waals surface area contributed by atoms with Gasteiger partial charge in [-0.1, -0.05) is 42.5 Å². The van der Waals surface area contributed by atoms with Crippen LogP contribution in [0.1, 0.15) is 5.56 Å². The molecular weight excluding hydrogens is 308 g/mol. The SMILES string of the molecule is Cn1c(-c2ccccc2)csc1=Nc1ccc(CC(=O)O)cc1. The minimum Gasteiger partial charge on any atom is -0.481 e. The third-order valence-corrected chi connectivity index (χ3v) is 4.43. The van der Waals surface area contributed by atoms with Gasteiger partial charge < -0.3 is 9.67 Å². The van der Waals surface area contributed by atoms with E-state index in [4.69, 9.17) is 5.11 Å². The molecule has 1 aromatic heterocycles. The van der Waals surface area contributed by atoms with E-state index in [-0.39, 0.29) is 6.42 Å². The Bertz CT molecular complexity index is 877. The van der Waals surface area contributed by atoms with Crippen molar-refractivity contribution in [2.24, 2.45) is 12.0 Å². The zero-order chi connectivity index (χ0) is 16.2.